The summed E-state index contributed by atoms with van der Waals surface area (Å²) in [7, 11) is 0. The van der Waals surface area contributed by atoms with Crippen LogP contribution < -0.4 is 0 Å². The van der Waals surface area contributed by atoms with Gasteiger partial charge in [-0.05, 0) is 24.1 Å². The summed E-state index contributed by atoms with van der Waals surface area (Å²) in [4.78, 5) is 15.0. The van der Waals surface area contributed by atoms with Gasteiger partial charge in [0.05, 0.1) is 12.0 Å². The van der Waals surface area contributed by atoms with Crippen molar-refractivity contribution in [3.63, 3.8) is 0 Å². The average Bonchev–Trinajstić information content (AvgIpc) is 2.81. The van der Waals surface area contributed by atoms with Crippen LogP contribution in [0.5, 0.6) is 0 Å². The second kappa shape index (κ2) is 6.47. The van der Waals surface area contributed by atoms with E-state index in [0.29, 0.717) is 18.1 Å². The van der Waals surface area contributed by atoms with Crippen molar-refractivity contribution < 1.29 is 9.90 Å². The van der Waals surface area contributed by atoms with Crippen LogP contribution >= 0.6 is 11.6 Å². The molecule has 21 heavy (non-hydrogen) atoms. The number of hydrogen-bond donors (Lipinski definition) is 1. The first-order valence-corrected chi connectivity index (χ1v) is 7.85. The molecule has 2 rings (SSSR count). The molecule has 0 radical (unpaired) electrons. The molecular weight excluding hydrogens is 286 g/mol. The zero-order chi connectivity index (χ0) is 15.6. The van der Waals surface area contributed by atoms with Gasteiger partial charge in [0.25, 0.3) is 0 Å². The number of ketones is 1. The predicted molar refractivity (Wildman–Crippen MR) is 85.7 cm³/mol. The Morgan fingerprint density at radius 2 is 2.00 bits per heavy atom. The van der Waals surface area contributed by atoms with Gasteiger partial charge in [0.15, 0.2) is 0 Å². The number of nitrogens with zero attached hydrogens (tertiary/aromatic N) is 1. The molecule has 1 aliphatic rings. The van der Waals surface area contributed by atoms with Gasteiger partial charge in [-0.25, -0.2) is 0 Å². The maximum absolute atomic E-state index is 12.8. The van der Waals surface area contributed by atoms with Crippen LogP contribution in [0.2, 0.25) is 5.02 Å². The van der Waals surface area contributed by atoms with Crippen LogP contribution in [0.15, 0.2) is 24.3 Å². The topological polar surface area (TPSA) is 40.5 Å². The number of Topliss-reactive ketones (excluding diaryl/α,β-unsaturated/α-hetero) is 1. The summed E-state index contributed by atoms with van der Waals surface area (Å²) in [6, 6.07) is 7.53. The molecule has 0 bridgehead atoms. The minimum atomic E-state index is -0.386. The molecule has 1 N–H and O–H groups in total. The number of carbonyl (C=O) groups is 1. The maximum Gasteiger partial charge on any atom is 0.146 e. The standard InChI is InChI=1S/C17H24ClNO2/c1-17(2,3)16(21)15(11-19-9-8-14(20)10-19)12-4-6-13(18)7-5-12/h4-7,14-15,20H,8-11H2,1-3H3/t14-,15?/m1/s1. The van der Waals surface area contributed by atoms with Gasteiger partial charge in [-0.2, -0.15) is 0 Å². The Balaban J connectivity index is 2.21. The van der Waals surface area contributed by atoms with Gasteiger partial charge in [0, 0.05) is 30.1 Å². The molecule has 116 valence electrons. The first-order valence-electron chi connectivity index (χ1n) is 7.47. The number of rotatable bonds is 4. The van der Waals surface area contributed by atoms with Crippen LogP contribution in [-0.4, -0.2) is 41.5 Å². The molecule has 0 aromatic heterocycles. The van der Waals surface area contributed by atoms with Crippen LogP contribution in [0.25, 0.3) is 0 Å². The molecule has 0 spiro atoms. The van der Waals surface area contributed by atoms with Gasteiger partial charge in [0.2, 0.25) is 0 Å². The third kappa shape index (κ3) is 4.29. The molecule has 1 fully saturated rings. The third-order valence-electron chi connectivity index (χ3n) is 4.02. The predicted octanol–water partition coefficient (Wildman–Crippen LogP) is 3.11. The first-order chi connectivity index (χ1) is 9.77. The van der Waals surface area contributed by atoms with E-state index in [-0.39, 0.29) is 23.2 Å². The number of carbonyl (C=O) groups excluding carboxylic acids is 1. The Morgan fingerprint density at radius 1 is 1.38 bits per heavy atom. The molecular formula is C17H24ClNO2. The van der Waals surface area contributed by atoms with Gasteiger partial charge >= 0.3 is 0 Å². The number of hydrogen-bond acceptors (Lipinski definition) is 3. The minimum Gasteiger partial charge on any atom is -0.392 e. The molecule has 1 aromatic carbocycles. The SMILES string of the molecule is CC(C)(C)C(=O)C(CN1CC[C@@H](O)C1)c1ccc(Cl)cc1. The minimum absolute atomic E-state index is 0.174. The second-order valence-corrected chi connectivity index (χ2v) is 7.36. The fourth-order valence-electron chi connectivity index (χ4n) is 2.79. The van der Waals surface area contributed by atoms with E-state index < -0.39 is 0 Å². The van der Waals surface area contributed by atoms with Crippen LogP contribution in [0, 0.1) is 5.41 Å². The van der Waals surface area contributed by atoms with Gasteiger partial charge in [-0.15, -0.1) is 0 Å². The lowest BCUT2D eigenvalue weighted by Gasteiger charge is -2.28. The highest BCUT2D eigenvalue weighted by atomic mass is 35.5. The van der Waals surface area contributed by atoms with E-state index in [4.69, 9.17) is 11.6 Å². The summed E-state index contributed by atoms with van der Waals surface area (Å²) in [5.41, 5.74) is 0.614. The van der Waals surface area contributed by atoms with Crippen molar-refractivity contribution in [2.45, 2.75) is 39.2 Å². The highest BCUT2D eigenvalue weighted by Gasteiger charge is 2.33. The summed E-state index contributed by atoms with van der Waals surface area (Å²) >= 11 is 5.95. The van der Waals surface area contributed by atoms with Crippen molar-refractivity contribution in [3.05, 3.63) is 34.9 Å². The maximum atomic E-state index is 12.8. The Hall–Kier alpha value is -0.900. The number of aliphatic hydroxyl groups is 1. The average molecular weight is 310 g/mol. The largest absolute Gasteiger partial charge is 0.392 e. The van der Waals surface area contributed by atoms with Crippen LogP contribution in [0.4, 0.5) is 0 Å². The van der Waals surface area contributed by atoms with E-state index in [1.54, 1.807) is 0 Å². The number of likely N-dealkylation sites (tertiary alicyclic amines) is 1. The molecule has 3 nitrogen and oxygen atoms in total. The van der Waals surface area contributed by atoms with E-state index in [2.05, 4.69) is 4.90 Å². The van der Waals surface area contributed by atoms with E-state index in [0.717, 1.165) is 18.5 Å². The molecule has 1 unspecified atom stereocenters. The summed E-state index contributed by atoms with van der Waals surface area (Å²) < 4.78 is 0. The number of benzene rings is 1. The molecule has 0 amide bonds. The van der Waals surface area contributed by atoms with Gasteiger partial charge in [-0.1, -0.05) is 44.5 Å². The quantitative estimate of drug-likeness (QED) is 0.929. The second-order valence-electron chi connectivity index (χ2n) is 6.92. The lowest BCUT2D eigenvalue weighted by molar-refractivity contribution is -0.128. The van der Waals surface area contributed by atoms with Gasteiger partial charge < -0.3 is 5.11 Å². The summed E-state index contributed by atoms with van der Waals surface area (Å²) in [5, 5.41) is 10.4. The van der Waals surface area contributed by atoms with Crippen molar-refractivity contribution in [1.82, 2.24) is 4.90 Å². The summed E-state index contributed by atoms with van der Waals surface area (Å²) in [6.07, 6.45) is 0.525. The van der Waals surface area contributed by atoms with E-state index in [1.807, 2.05) is 45.0 Å². The van der Waals surface area contributed by atoms with E-state index in [9.17, 15) is 9.90 Å². The lowest BCUT2D eigenvalue weighted by atomic mass is 9.79. The zero-order valence-electron chi connectivity index (χ0n) is 13.0. The summed E-state index contributed by atoms with van der Waals surface area (Å²) in [6.45, 7) is 8.03. The molecule has 0 aliphatic carbocycles. The number of aliphatic hydroxyl groups excluding tert-OH is 1. The highest BCUT2D eigenvalue weighted by Crippen LogP contribution is 2.30. The van der Waals surface area contributed by atoms with Gasteiger partial charge in [-0.3, -0.25) is 9.69 Å². The molecule has 1 aromatic rings. The lowest BCUT2D eigenvalue weighted by Crippen LogP contribution is -2.36. The Morgan fingerprint density at radius 3 is 2.48 bits per heavy atom. The monoisotopic (exact) mass is 309 g/mol. The molecule has 1 heterocycles. The molecule has 2 atom stereocenters. The van der Waals surface area contributed by atoms with Crippen molar-refractivity contribution in [1.29, 1.82) is 0 Å². The zero-order valence-corrected chi connectivity index (χ0v) is 13.7. The molecule has 1 saturated heterocycles. The first kappa shape index (κ1) is 16.5. The van der Waals surface area contributed by atoms with Crippen LogP contribution in [-0.2, 0) is 4.79 Å². The van der Waals surface area contributed by atoms with Crippen molar-refractivity contribution in [3.8, 4) is 0 Å². The Bertz CT molecular complexity index is 493. The number of halogens is 1. The normalized spacial score (nSPS) is 21.5. The van der Waals surface area contributed by atoms with Gasteiger partial charge in [0.1, 0.15) is 5.78 Å². The Labute approximate surface area is 131 Å². The van der Waals surface area contributed by atoms with Crippen LogP contribution in [0.1, 0.15) is 38.7 Å². The van der Waals surface area contributed by atoms with Crippen LogP contribution in [0.3, 0.4) is 0 Å². The van der Waals surface area contributed by atoms with Crippen molar-refractivity contribution >= 4 is 17.4 Å². The molecule has 0 saturated carbocycles. The van der Waals surface area contributed by atoms with Crippen molar-refractivity contribution in [2.75, 3.05) is 19.6 Å². The number of β-amino-alcohol motifs (C(OH)–C–C–N with tert-alkyl or cyclic N) is 1. The molecule has 1 aliphatic heterocycles. The smallest absolute Gasteiger partial charge is 0.146 e. The van der Waals surface area contributed by atoms with E-state index in [1.165, 1.54) is 0 Å². The van der Waals surface area contributed by atoms with E-state index >= 15 is 0 Å². The highest BCUT2D eigenvalue weighted by molar-refractivity contribution is 6.30. The van der Waals surface area contributed by atoms with Crippen molar-refractivity contribution in [2.24, 2.45) is 5.41 Å². The molecule has 4 heteroatoms. The summed E-state index contributed by atoms with van der Waals surface area (Å²) in [5.74, 6) is 0.0544. The fourth-order valence-corrected chi connectivity index (χ4v) is 2.92. The third-order valence-corrected chi connectivity index (χ3v) is 4.27. The fraction of sp³-hybridized carbons (Fsp3) is 0.588. The Kier molecular flexibility index (Phi) is 5.07.